The molecule has 1 heterocycles. The van der Waals surface area contributed by atoms with Gasteiger partial charge < -0.3 is 14.6 Å². The number of phenols is 1. The third-order valence-electron chi connectivity index (χ3n) is 3.37. The van der Waals surface area contributed by atoms with Crippen LogP contribution in [0.1, 0.15) is 21.5 Å². The van der Waals surface area contributed by atoms with Crippen LogP contribution in [0.2, 0.25) is 5.02 Å². The average Bonchev–Trinajstić information content (AvgIpc) is 2.96. The van der Waals surface area contributed by atoms with Crippen molar-refractivity contribution in [2.75, 3.05) is 6.79 Å². The van der Waals surface area contributed by atoms with E-state index in [0.29, 0.717) is 16.5 Å². The molecule has 0 atom stereocenters. The van der Waals surface area contributed by atoms with Gasteiger partial charge in [0.15, 0.2) is 17.3 Å². The van der Waals surface area contributed by atoms with Gasteiger partial charge in [-0.2, -0.15) is 0 Å². The van der Waals surface area contributed by atoms with Gasteiger partial charge in [-0.1, -0.05) is 23.7 Å². The Morgan fingerprint density at radius 2 is 2.00 bits per heavy atom. The Bertz CT molecular complexity index is 780. The molecule has 0 saturated heterocycles. The Kier molecular flexibility index (Phi) is 3.77. The van der Waals surface area contributed by atoms with E-state index in [0.717, 1.165) is 11.1 Å². The molecule has 0 spiro atoms. The van der Waals surface area contributed by atoms with Crippen LogP contribution < -0.4 is 9.47 Å². The molecular weight excluding hydrogens is 304 g/mol. The fraction of sp³-hybridized carbons (Fsp3) is 0.118. The molecule has 0 amide bonds. The maximum absolute atomic E-state index is 12.2. The first-order chi connectivity index (χ1) is 10.5. The number of halogens is 1. The van der Waals surface area contributed by atoms with Crippen LogP contribution in [-0.2, 0) is 0 Å². The Morgan fingerprint density at radius 3 is 2.82 bits per heavy atom. The molecule has 0 saturated carbocycles. The van der Waals surface area contributed by atoms with E-state index < -0.39 is 0 Å². The lowest BCUT2D eigenvalue weighted by molar-refractivity contribution is 0.104. The number of ether oxygens (including phenoxy) is 2. The zero-order chi connectivity index (χ0) is 15.7. The third-order valence-corrected chi connectivity index (χ3v) is 3.77. The molecule has 0 bridgehead atoms. The number of allylic oxidation sites excluding steroid dienone is 1. The number of hydrogen-bond donors (Lipinski definition) is 1. The van der Waals surface area contributed by atoms with Crippen molar-refractivity contribution in [3.63, 3.8) is 0 Å². The highest BCUT2D eigenvalue weighted by Gasteiger charge is 2.13. The van der Waals surface area contributed by atoms with Crippen LogP contribution in [0.15, 0.2) is 36.4 Å². The highest BCUT2D eigenvalue weighted by atomic mass is 35.5. The fourth-order valence-electron chi connectivity index (χ4n) is 2.14. The first kappa shape index (κ1) is 14.5. The molecule has 2 aromatic carbocycles. The van der Waals surface area contributed by atoms with Gasteiger partial charge in [-0.3, -0.25) is 4.79 Å². The second kappa shape index (κ2) is 5.73. The van der Waals surface area contributed by atoms with Gasteiger partial charge in [-0.05, 0) is 48.4 Å². The van der Waals surface area contributed by atoms with Crippen LogP contribution in [0.5, 0.6) is 17.2 Å². The number of benzene rings is 2. The molecule has 1 aliphatic heterocycles. The minimum absolute atomic E-state index is 0.0813. The number of ketones is 1. The van der Waals surface area contributed by atoms with Crippen LogP contribution in [0.4, 0.5) is 0 Å². The third kappa shape index (κ3) is 2.78. The van der Waals surface area contributed by atoms with Crippen molar-refractivity contribution >= 4 is 23.5 Å². The average molecular weight is 317 g/mol. The highest BCUT2D eigenvalue weighted by molar-refractivity contribution is 6.32. The molecule has 0 fully saturated rings. The molecule has 5 heteroatoms. The molecule has 112 valence electrons. The van der Waals surface area contributed by atoms with E-state index in [9.17, 15) is 9.90 Å². The predicted molar refractivity (Wildman–Crippen MR) is 83.8 cm³/mol. The number of carbonyl (C=O) groups excluding carboxylic acids is 1. The summed E-state index contributed by atoms with van der Waals surface area (Å²) in [5, 5.41) is 10.3. The summed E-state index contributed by atoms with van der Waals surface area (Å²) < 4.78 is 10.5. The first-order valence-electron chi connectivity index (χ1n) is 6.66. The summed E-state index contributed by atoms with van der Waals surface area (Å²) in [4.78, 5) is 12.2. The zero-order valence-electron chi connectivity index (χ0n) is 11.8. The lowest BCUT2D eigenvalue weighted by Crippen LogP contribution is -1.96. The van der Waals surface area contributed by atoms with E-state index >= 15 is 0 Å². The van der Waals surface area contributed by atoms with Gasteiger partial charge in [-0.15, -0.1) is 0 Å². The van der Waals surface area contributed by atoms with Crippen molar-refractivity contribution in [2.24, 2.45) is 0 Å². The van der Waals surface area contributed by atoms with Crippen molar-refractivity contribution in [2.45, 2.75) is 6.92 Å². The topological polar surface area (TPSA) is 55.8 Å². The standard InChI is InChI=1S/C17H13ClO4/c1-10-6-15(20)12(8-13(10)18)14(19)4-2-11-3-5-16-17(7-11)22-9-21-16/h2-8,20H,9H2,1H3. The second-order valence-electron chi connectivity index (χ2n) is 4.93. The maximum Gasteiger partial charge on any atom is 0.231 e. The number of phenolic OH excluding ortho intramolecular Hbond substituents is 1. The number of aromatic hydroxyl groups is 1. The molecule has 0 unspecified atom stereocenters. The van der Waals surface area contributed by atoms with Gasteiger partial charge in [0.25, 0.3) is 0 Å². The monoisotopic (exact) mass is 316 g/mol. The minimum atomic E-state index is -0.322. The van der Waals surface area contributed by atoms with Gasteiger partial charge in [0.2, 0.25) is 6.79 Å². The Labute approximate surface area is 132 Å². The van der Waals surface area contributed by atoms with E-state index in [1.807, 2.05) is 6.07 Å². The van der Waals surface area contributed by atoms with E-state index in [4.69, 9.17) is 21.1 Å². The SMILES string of the molecule is Cc1cc(O)c(C(=O)C=Cc2ccc3c(c2)OCO3)cc1Cl. The molecule has 0 radical (unpaired) electrons. The van der Waals surface area contributed by atoms with Crippen LogP contribution in [0, 0.1) is 6.92 Å². The van der Waals surface area contributed by atoms with Gasteiger partial charge in [0, 0.05) is 5.02 Å². The normalized spacial score (nSPS) is 12.8. The second-order valence-corrected chi connectivity index (χ2v) is 5.34. The Hall–Kier alpha value is -2.46. The fourth-order valence-corrected chi connectivity index (χ4v) is 2.31. The Morgan fingerprint density at radius 1 is 1.23 bits per heavy atom. The number of aryl methyl sites for hydroxylation is 1. The van der Waals surface area contributed by atoms with Gasteiger partial charge in [0.05, 0.1) is 5.56 Å². The predicted octanol–water partition coefficient (Wildman–Crippen LogP) is 3.98. The number of hydrogen-bond acceptors (Lipinski definition) is 4. The summed E-state index contributed by atoms with van der Waals surface area (Å²) in [7, 11) is 0. The lowest BCUT2D eigenvalue weighted by atomic mass is 10.1. The number of carbonyl (C=O) groups is 1. The van der Waals surface area contributed by atoms with Gasteiger partial charge in [-0.25, -0.2) is 0 Å². The zero-order valence-corrected chi connectivity index (χ0v) is 12.6. The summed E-state index contributed by atoms with van der Waals surface area (Å²) in [6, 6.07) is 8.34. The minimum Gasteiger partial charge on any atom is -0.507 e. The number of rotatable bonds is 3. The van der Waals surface area contributed by atoms with Crippen LogP contribution in [0.3, 0.4) is 0 Å². The summed E-state index contributed by atoms with van der Waals surface area (Å²) in [5.41, 5.74) is 1.69. The quantitative estimate of drug-likeness (QED) is 0.687. The highest BCUT2D eigenvalue weighted by Crippen LogP contribution is 2.33. The smallest absolute Gasteiger partial charge is 0.231 e. The molecule has 3 rings (SSSR count). The van der Waals surface area contributed by atoms with Crippen molar-refractivity contribution in [3.05, 3.63) is 58.1 Å². The lowest BCUT2D eigenvalue weighted by Gasteiger charge is -2.04. The van der Waals surface area contributed by atoms with Crippen LogP contribution in [0.25, 0.3) is 6.08 Å². The van der Waals surface area contributed by atoms with Crippen LogP contribution in [-0.4, -0.2) is 17.7 Å². The van der Waals surface area contributed by atoms with Gasteiger partial charge >= 0.3 is 0 Å². The molecule has 0 aromatic heterocycles. The van der Waals surface area contributed by atoms with Crippen molar-refractivity contribution < 1.29 is 19.4 Å². The van der Waals surface area contributed by atoms with E-state index in [2.05, 4.69) is 0 Å². The van der Waals surface area contributed by atoms with Crippen molar-refractivity contribution in [1.29, 1.82) is 0 Å². The number of fused-ring (bicyclic) bond motifs is 1. The van der Waals surface area contributed by atoms with Crippen molar-refractivity contribution in [1.82, 2.24) is 0 Å². The maximum atomic E-state index is 12.2. The van der Waals surface area contributed by atoms with E-state index in [1.165, 1.54) is 18.2 Å². The molecule has 1 N–H and O–H groups in total. The molecule has 2 aromatic rings. The van der Waals surface area contributed by atoms with Crippen molar-refractivity contribution in [3.8, 4) is 17.2 Å². The summed E-state index contributed by atoms with van der Waals surface area (Å²) in [5.74, 6) is 0.932. The molecule has 22 heavy (non-hydrogen) atoms. The van der Waals surface area contributed by atoms with E-state index in [-0.39, 0.29) is 23.9 Å². The van der Waals surface area contributed by atoms with Gasteiger partial charge in [0.1, 0.15) is 5.75 Å². The Balaban J connectivity index is 1.83. The summed E-state index contributed by atoms with van der Waals surface area (Å²) in [6.45, 7) is 1.97. The molecule has 4 nitrogen and oxygen atoms in total. The summed E-state index contributed by atoms with van der Waals surface area (Å²) >= 11 is 5.99. The summed E-state index contributed by atoms with van der Waals surface area (Å²) in [6.07, 6.45) is 3.04. The molecule has 0 aliphatic carbocycles. The van der Waals surface area contributed by atoms with Crippen LogP contribution >= 0.6 is 11.6 Å². The van der Waals surface area contributed by atoms with E-state index in [1.54, 1.807) is 25.1 Å². The largest absolute Gasteiger partial charge is 0.507 e. The first-order valence-corrected chi connectivity index (χ1v) is 7.03. The molecule has 1 aliphatic rings. The molecular formula is C17H13ClO4.